The second-order valence-electron chi connectivity index (χ2n) is 6.72. The Bertz CT molecular complexity index is 738. The summed E-state index contributed by atoms with van der Waals surface area (Å²) in [6.45, 7) is 9.83. The average molecular weight is 373 g/mol. The van der Waals surface area contributed by atoms with Crippen LogP contribution >= 0.6 is 0 Å². The van der Waals surface area contributed by atoms with Gasteiger partial charge >= 0.3 is 5.97 Å². The first kappa shape index (κ1) is 21.2. The van der Waals surface area contributed by atoms with E-state index in [1.807, 2.05) is 45.9 Å². The van der Waals surface area contributed by atoms with Crippen LogP contribution in [0.1, 0.15) is 63.5 Å². The molecule has 3 rings (SSSR count). The maximum absolute atomic E-state index is 11.1. The van der Waals surface area contributed by atoms with Gasteiger partial charge in [0.2, 0.25) is 5.89 Å². The molecule has 0 radical (unpaired) electrons. The zero-order valence-electron chi connectivity index (χ0n) is 17.1. The van der Waals surface area contributed by atoms with E-state index in [1.165, 1.54) is 12.5 Å². The van der Waals surface area contributed by atoms with Crippen molar-refractivity contribution >= 4 is 5.97 Å². The minimum Gasteiger partial charge on any atom is -0.462 e. The van der Waals surface area contributed by atoms with Gasteiger partial charge in [-0.2, -0.15) is 0 Å². The highest BCUT2D eigenvalue weighted by atomic mass is 16.5. The monoisotopic (exact) mass is 373 g/mol. The van der Waals surface area contributed by atoms with Crippen molar-refractivity contribution in [1.29, 1.82) is 0 Å². The van der Waals surface area contributed by atoms with Crippen molar-refractivity contribution in [2.45, 2.75) is 79.1 Å². The van der Waals surface area contributed by atoms with Crippen LogP contribution in [0.15, 0.2) is 28.7 Å². The Hall–Kier alpha value is -2.14. The van der Waals surface area contributed by atoms with Crippen LogP contribution < -0.4 is 0 Å². The number of oxazole rings is 1. The zero-order valence-corrected chi connectivity index (χ0v) is 17.1. The molecule has 1 heterocycles. The summed E-state index contributed by atoms with van der Waals surface area (Å²) in [4.78, 5) is 15.7. The van der Waals surface area contributed by atoms with E-state index >= 15 is 0 Å². The molecule has 1 saturated carbocycles. The quantitative estimate of drug-likeness (QED) is 0.659. The highest BCUT2D eigenvalue weighted by Crippen LogP contribution is 2.26. The predicted molar refractivity (Wildman–Crippen MR) is 105 cm³/mol. The molecule has 2 aromatic rings. The van der Waals surface area contributed by atoms with E-state index in [1.54, 1.807) is 0 Å². The third-order valence-corrected chi connectivity index (χ3v) is 4.52. The van der Waals surface area contributed by atoms with Crippen LogP contribution in [0.2, 0.25) is 0 Å². The van der Waals surface area contributed by atoms with Gasteiger partial charge in [-0.15, -0.1) is 0 Å². The van der Waals surface area contributed by atoms with Crippen molar-refractivity contribution in [3.8, 4) is 11.5 Å². The Kier molecular flexibility index (Phi) is 8.04. The average Bonchev–Trinajstić information content (AvgIpc) is 3.02. The van der Waals surface area contributed by atoms with Crippen LogP contribution in [-0.2, 0) is 20.9 Å². The van der Waals surface area contributed by atoms with Gasteiger partial charge in [-0.05, 0) is 45.2 Å². The predicted octanol–water partition coefficient (Wildman–Crippen LogP) is 5.38. The molecule has 0 spiro atoms. The number of carbonyl (C=O) groups excluding carboxylic acids is 1. The van der Waals surface area contributed by atoms with Crippen molar-refractivity contribution in [2.75, 3.05) is 0 Å². The maximum Gasteiger partial charge on any atom is 0.302 e. The molecule has 0 amide bonds. The van der Waals surface area contributed by atoms with E-state index in [0.717, 1.165) is 42.7 Å². The number of carbonyl (C=O) groups is 1. The van der Waals surface area contributed by atoms with Gasteiger partial charge in [0, 0.05) is 18.9 Å². The molecular weight excluding hydrogens is 342 g/mol. The van der Waals surface area contributed by atoms with Crippen LogP contribution in [0, 0.1) is 13.8 Å². The molecule has 1 aliphatic carbocycles. The lowest BCUT2D eigenvalue weighted by Crippen LogP contribution is -2.29. The van der Waals surface area contributed by atoms with Gasteiger partial charge in [0.05, 0.1) is 12.7 Å². The summed E-state index contributed by atoms with van der Waals surface area (Å²) in [6, 6.07) is 8.10. The lowest BCUT2D eigenvalue weighted by molar-refractivity contribution is -0.150. The molecule has 1 aliphatic rings. The highest BCUT2D eigenvalue weighted by molar-refractivity contribution is 5.66. The lowest BCUT2D eigenvalue weighted by Gasteiger charge is -2.28. The molecule has 27 heavy (non-hydrogen) atoms. The molecule has 1 aromatic carbocycles. The Balaban J connectivity index is 0.00000126. The number of esters is 1. The van der Waals surface area contributed by atoms with Gasteiger partial charge in [-0.3, -0.25) is 4.79 Å². The Morgan fingerprint density at radius 2 is 1.96 bits per heavy atom. The summed E-state index contributed by atoms with van der Waals surface area (Å²) < 4.78 is 17.1. The number of rotatable bonds is 5. The Morgan fingerprint density at radius 3 is 2.67 bits per heavy atom. The number of hydrogen-bond donors (Lipinski definition) is 0. The van der Waals surface area contributed by atoms with E-state index < -0.39 is 0 Å². The number of aryl methyl sites for hydroxylation is 2. The summed E-state index contributed by atoms with van der Waals surface area (Å²) in [5.41, 5.74) is 2.97. The summed E-state index contributed by atoms with van der Waals surface area (Å²) in [5.74, 6) is 1.19. The van der Waals surface area contributed by atoms with E-state index in [0.29, 0.717) is 12.5 Å². The molecule has 5 nitrogen and oxygen atoms in total. The number of aromatic nitrogens is 1. The Morgan fingerprint density at radius 1 is 1.22 bits per heavy atom. The van der Waals surface area contributed by atoms with Crippen molar-refractivity contribution in [3.63, 3.8) is 0 Å². The molecule has 0 saturated heterocycles. The smallest absolute Gasteiger partial charge is 0.302 e. The van der Waals surface area contributed by atoms with Crippen LogP contribution in [0.25, 0.3) is 11.5 Å². The van der Waals surface area contributed by atoms with Crippen LogP contribution in [0.5, 0.6) is 0 Å². The molecule has 0 bridgehead atoms. The van der Waals surface area contributed by atoms with Crippen molar-refractivity contribution in [3.05, 3.63) is 41.3 Å². The molecule has 0 aliphatic heterocycles. The summed E-state index contributed by atoms with van der Waals surface area (Å²) in [6.07, 6.45) is 3.73. The van der Waals surface area contributed by atoms with Crippen LogP contribution in [-0.4, -0.2) is 23.2 Å². The van der Waals surface area contributed by atoms with Crippen LogP contribution in [0.3, 0.4) is 0 Å². The van der Waals surface area contributed by atoms with Gasteiger partial charge in [0.1, 0.15) is 17.6 Å². The zero-order chi connectivity index (χ0) is 19.8. The summed E-state index contributed by atoms with van der Waals surface area (Å²) >= 11 is 0. The van der Waals surface area contributed by atoms with Gasteiger partial charge in [0.25, 0.3) is 0 Å². The fraction of sp³-hybridized carbons (Fsp3) is 0.545. The molecule has 2 unspecified atom stereocenters. The second kappa shape index (κ2) is 10.3. The molecule has 148 valence electrons. The molecule has 2 atom stereocenters. The Labute approximate surface area is 162 Å². The van der Waals surface area contributed by atoms with Crippen LogP contribution in [0.4, 0.5) is 0 Å². The van der Waals surface area contributed by atoms with Gasteiger partial charge in [-0.25, -0.2) is 4.98 Å². The van der Waals surface area contributed by atoms with E-state index in [2.05, 4.69) is 11.1 Å². The number of nitrogens with zero attached hydrogens (tertiary/aromatic N) is 1. The van der Waals surface area contributed by atoms with Gasteiger partial charge in [0.15, 0.2) is 0 Å². The van der Waals surface area contributed by atoms with Gasteiger partial charge < -0.3 is 13.9 Å². The molecular formula is C22H31NO4. The normalized spacial score (nSPS) is 19.1. The molecule has 5 heteroatoms. The largest absolute Gasteiger partial charge is 0.462 e. The first-order valence-corrected chi connectivity index (χ1v) is 9.83. The first-order chi connectivity index (χ1) is 13.0. The lowest BCUT2D eigenvalue weighted by atomic mass is 9.95. The minimum absolute atomic E-state index is 0.0301. The maximum atomic E-state index is 11.1. The SMILES string of the molecule is CC.CC(=O)OC1CCCC(OCc2nc(-c3cccc(C)c3)oc2C)C1. The third-order valence-electron chi connectivity index (χ3n) is 4.52. The third kappa shape index (κ3) is 6.21. The number of hydrogen-bond acceptors (Lipinski definition) is 5. The first-order valence-electron chi connectivity index (χ1n) is 9.83. The molecule has 1 fully saturated rings. The number of ether oxygens (including phenoxy) is 2. The molecule has 0 N–H and O–H groups in total. The van der Waals surface area contributed by atoms with Crippen molar-refractivity contribution < 1.29 is 18.7 Å². The fourth-order valence-electron chi connectivity index (χ4n) is 3.26. The topological polar surface area (TPSA) is 61.6 Å². The van der Waals surface area contributed by atoms with Crippen molar-refractivity contribution in [2.24, 2.45) is 0 Å². The van der Waals surface area contributed by atoms with Crippen molar-refractivity contribution in [1.82, 2.24) is 4.98 Å². The van der Waals surface area contributed by atoms with E-state index in [4.69, 9.17) is 13.9 Å². The van der Waals surface area contributed by atoms with E-state index in [-0.39, 0.29) is 18.2 Å². The standard InChI is InChI=1S/C20H25NO4.C2H6/c1-13-6-4-7-16(10-13)20-21-19(14(2)24-20)12-23-17-8-5-9-18(11-17)25-15(3)22;1-2/h4,6-7,10,17-18H,5,8-9,11-12H2,1-3H3;1-2H3. The van der Waals surface area contributed by atoms with E-state index in [9.17, 15) is 4.79 Å². The summed E-state index contributed by atoms with van der Waals surface area (Å²) in [7, 11) is 0. The molecule has 1 aromatic heterocycles. The van der Waals surface area contributed by atoms with Gasteiger partial charge in [-0.1, -0.05) is 31.5 Å². The second-order valence-corrected chi connectivity index (χ2v) is 6.72. The highest BCUT2D eigenvalue weighted by Gasteiger charge is 2.25. The number of benzene rings is 1. The fourth-order valence-corrected chi connectivity index (χ4v) is 3.26. The minimum atomic E-state index is -0.221. The summed E-state index contributed by atoms with van der Waals surface area (Å²) in [5, 5.41) is 0.